The van der Waals surface area contributed by atoms with E-state index in [9.17, 15) is 19.2 Å². The minimum absolute atomic E-state index is 0.0518. The zero-order valence-corrected chi connectivity index (χ0v) is 31.8. The van der Waals surface area contributed by atoms with E-state index in [-0.39, 0.29) is 36.6 Å². The summed E-state index contributed by atoms with van der Waals surface area (Å²) in [5.41, 5.74) is 10.6. The number of nitrogens with zero attached hydrogens (tertiary/aromatic N) is 2. The SMILES string of the molecule is CCOC(=O)CCCc1cnc(C(=O)Nc2cccc(-c3cccc(CC(=O)c4cc(C5CC5)c(CNCC(=O)OCC)cn4)c3C)c2C)cc1C1CC1. The van der Waals surface area contributed by atoms with Gasteiger partial charge in [-0.15, -0.1) is 0 Å². The van der Waals surface area contributed by atoms with E-state index >= 15 is 0 Å². The Morgan fingerprint density at radius 3 is 2.06 bits per heavy atom. The molecule has 282 valence electrons. The van der Waals surface area contributed by atoms with E-state index in [1.807, 2.05) is 62.4 Å². The van der Waals surface area contributed by atoms with Crippen LogP contribution in [0.2, 0.25) is 0 Å². The Balaban J connectivity index is 1.14. The maximum atomic E-state index is 13.7. The summed E-state index contributed by atoms with van der Waals surface area (Å²) in [5, 5.41) is 6.24. The molecule has 10 heteroatoms. The summed E-state index contributed by atoms with van der Waals surface area (Å²) in [4.78, 5) is 59.9. The average molecular weight is 731 g/mol. The number of anilines is 1. The van der Waals surface area contributed by atoms with Crippen LogP contribution in [-0.2, 0) is 38.4 Å². The lowest BCUT2D eigenvalue weighted by atomic mass is 9.90. The van der Waals surface area contributed by atoms with Crippen LogP contribution in [0.25, 0.3) is 11.1 Å². The van der Waals surface area contributed by atoms with Crippen LogP contribution in [0.1, 0.15) is 124 Å². The number of rotatable bonds is 18. The molecule has 2 aliphatic rings. The number of ketones is 1. The molecule has 2 aliphatic carbocycles. The van der Waals surface area contributed by atoms with E-state index in [1.165, 1.54) is 0 Å². The van der Waals surface area contributed by atoms with Crippen LogP contribution in [0.5, 0.6) is 0 Å². The summed E-state index contributed by atoms with van der Waals surface area (Å²) in [6.07, 6.45) is 9.84. The lowest BCUT2D eigenvalue weighted by Gasteiger charge is -2.17. The standard InChI is InChI=1S/C44H50N4O6/c1-5-53-42(50)15-8-11-32-24-47-40(22-36(32)29-16-17-29)44(52)48-38-14-9-13-35(28(38)4)34-12-7-10-31(27(34)3)20-41(49)39-21-37(30-18-19-30)33(25-46-39)23-45-26-43(51)54-6-2/h7,9-10,12-14,21-22,24-25,29-30,45H,5-6,8,11,15-20,23,26H2,1-4H3,(H,48,52). The Kier molecular flexibility index (Phi) is 12.6. The molecule has 0 spiro atoms. The van der Waals surface area contributed by atoms with E-state index in [0.717, 1.165) is 75.8 Å². The molecule has 54 heavy (non-hydrogen) atoms. The minimum atomic E-state index is -0.294. The van der Waals surface area contributed by atoms with E-state index in [1.54, 1.807) is 26.2 Å². The summed E-state index contributed by atoms with van der Waals surface area (Å²) < 4.78 is 10.1. The molecule has 0 unspecified atom stereocenters. The molecule has 10 nitrogen and oxygen atoms in total. The largest absolute Gasteiger partial charge is 0.466 e. The van der Waals surface area contributed by atoms with Crippen LogP contribution in [-0.4, -0.2) is 53.4 Å². The normalized spacial score (nSPS) is 13.7. The van der Waals surface area contributed by atoms with Crippen molar-refractivity contribution in [1.29, 1.82) is 0 Å². The van der Waals surface area contributed by atoms with Crippen molar-refractivity contribution in [3.63, 3.8) is 0 Å². The van der Waals surface area contributed by atoms with Gasteiger partial charge < -0.3 is 20.1 Å². The predicted octanol–water partition coefficient (Wildman–Crippen LogP) is 7.73. The van der Waals surface area contributed by atoms with E-state index in [0.29, 0.717) is 67.9 Å². The van der Waals surface area contributed by atoms with Gasteiger partial charge in [0.15, 0.2) is 5.78 Å². The second-order valence-electron chi connectivity index (χ2n) is 14.3. The molecule has 2 saturated carbocycles. The Labute approximate surface area is 317 Å². The Hall–Kier alpha value is -5.22. The molecule has 4 aromatic rings. The summed E-state index contributed by atoms with van der Waals surface area (Å²) in [5.74, 6) is 0.0183. The van der Waals surface area contributed by atoms with Crippen LogP contribution < -0.4 is 10.6 Å². The van der Waals surface area contributed by atoms with Crippen LogP contribution in [0, 0.1) is 13.8 Å². The van der Waals surface area contributed by atoms with Crippen molar-refractivity contribution in [2.45, 2.75) is 97.4 Å². The zero-order chi connectivity index (χ0) is 38.2. The summed E-state index contributed by atoms with van der Waals surface area (Å²) in [6, 6.07) is 15.7. The van der Waals surface area contributed by atoms with Gasteiger partial charge in [-0.2, -0.15) is 0 Å². The lowest BCUT2D eigenvalue weighted by molar-refractivity contribution is -0.143. The van der Waals surface area contributed by atoms with Crippen LogP contribution >= 0.6 is 0 Å². The number of ether oxygens (including phenoxy) is 2. The molecule has 0 atom stereocenters. The molecule has 6 rings (SSSR count). The van der Waals surface area contributed by atoms with Crippen molar-refractivity contribution in [2.24, 2.45) is 0 Å². The number of nitrogens with one attached hydrogen (secondary N) is 2. The first kappa shape index (κ1) is 38.5. The first-order valence-corrected chi connectivity index (χ1v) is 19.2. The number of benzene rings is 2. The Morgan fingerprint density at radius 1 is 0.741 bits per heavy atom. The van der Waals surface area contributed by atoms with Crippen molar-refractivity contribution in [3.8, 4) is 11.1 Å². The fourth-order valence-electron chi connectivity index (χ4n) is 7.03. The molecule has 2 heterocycles. The molecule has 0 saturated heterocycles. The van der Waals surface area contributed by atoms with Gasteiger partial charge in [-0.05, 0) is 146 Å². The van der Waals surface area contributed by atoms with E-state index in [4.69, 9.17) is 9.47 Å². The fraction of sp³-hybridized carbons (Fsp3) is 0.409. The number of hydrogen-bond donors (Lipinski definition) is 2. The summed E-state index contributed by atoms with van der Waals surface area (Å²) in [7, 11) is 0. The summed E-state index contributed by atoms with van der Waals surface area (Å²) in [6.45, 7) is 8.94. The van der Waals surface area contributed by atoms with Gasteiger partial charge in [0.05, 0.1) is 19.8 Å². The Bertz CT molecular complexity index is 1890. The van der Waals surface area contributed by atoms with Crippen molar-refractivity contribution in [2.75, 3.05) is 25.1 Å². The summed E-state index contributed by atoms with van der Waals surface area (Å²) >= 11 is 0. The van der Waals surface area contributed by atoms with Crippen molar-refractivity contribution in [3.05, 3.63) is 111 Å². The monoisotopic (exact) mass is 730 g/mol. The topological polar surface area (TPSA) is 137 Å². The Morgan fingerprint density at radius 2 is 1.35 bits per heavy atom. The number of pyridine rings is 2. The van der Waals surface area contributed by atoms with Gasteiger partial charge in [0.2, 0.25) is 0 Å². The minimum Gasteiger partial charge on any atom is -0.466 e. The van der Waals surface area contributed by atoms with E-state index in [2.05, 4.69) is 20.6 Å². The second kappa shape index (κ2) is 17.7. The average Bonchev–Trinajstić information content (AvgIpc) is 4.09. The molecule has 2 aromatic carbocycles. The number of aryl methyl sites for hydroxylation is 1. The molecule has 2 N–H and O–H groups in total. The number of carbonyl (C=O) groups is 4. The highest BCUT2D eigenvalue weighted by atomic mass is 16.5. The number of hydrogen-bond acceptors (Lipinski definition) is 9. The smallest absolute Gasteiger partial charge is 0.319 e. The molecular weight excluding hydrogens is 681 g/mol. The van der Waals surface area contributed by atoms with Gasteiger partial charge >= 0.3 is 11.9 Å². The van der Waals surface area contributed by atoms with Crippen molar-refractivity contribution in [1.82, 2.24) is 15.3 Å². The quantitative estimate of drug-likeness (QED) is 0.0779. The third kappa shape index (κ3) is 9.65. The van der Waals surface area contributed by atoms with Gasteiger partial charge in [-0.3, -0.25) is 29.1 Å². The van der Waals surface area contributed by atoms with Crippen LogP contribution in [0.15, 0.2) is 60.9 Å². The van der Waals surface area contributed by atoms with Crippen molar-refractivity contribution >= 4 is 29.3 Å². The first-order chi connectivity index (χ1) is 26.2. The van der Waals surface area contributed by atoms with Gasteiger partial charge in [0.1, 0.15) is 11.4 Å². The second-order valence-corrected chi connectivity index (χ2v) is 14.3. The van der Waals surface area contributed by atoms with Gasteiger partial charge in [-0.25, -0.2) is 0 Å². The molecule has 2 fully saturated rings. The van der Waals surface area contributed by atoms with Crippen molar-refractivity contribution < 1.29 is 28.7 Å². The third-order valence-electron chi connectivity index (χ3n) is 10.3. The number of aromatic nitrogens is 2. The number of Topliss-reactive ketones (excluding diaryl/α,β-unsaturated/α-hetero) is 1. The number of amides is 1. The first-order valence-electron chi connectivity index (χ1n) is 19.2. The zero-order valence-electron chi connectivity index (χ0n) is 31.8. The maximum Gasteiger partial charge on any atom is 0.319 e. The third-order valence-corrected chi connectivity index (χ3v) is 10.3. The molecule has 0 bridgehead atoms. The molecular formula is C44H50N4O6. The molecule has 0 radical (unpaired) electrons. The fourth-order valence-corrected chi connectivity index (χ4v) is 7.03. The van der Waals surface area contributed by atoms with Crippen LogP contribution in [0.4, 0.5) is 5.69 Å². The lowest BCUT2D eigenvalue weighted by Crippen LogP contribution is -2.25. The predicted molar refractivity (Wildman–Crippen MR) is 208 cm³/mol. The van der Waals surface area contributed by atoms with E-state index < -0.39 is 0 Å². The molecule has 0 aliphatic heterocycles. The number of carbonyl (C=O) groups excluding carboxylic acids is 4. The number of esters is 2. The highest BCUT2D eigenvalue weighted by molar-refractivity contribution is 6.04. The van der Waals surface area contributed by atoms with Gasteiger partial charge in [0, 0.05) is 37.5 Å². The van der Waals surface area contributed by atoms with Gasteiger partial charge in [-0.1, -0.05) is 30.3 Å². The van der Waals surface area contributed by atoms with Crippen LogP contribution in [0.3, 0.4) is 0 Å². The van der Waals surface area contributed by atoms with Gasteiger partial charge in [0.25, 0.3) is 5.91 Å². The highest BCUT2D eigenvalue weighted by Gasteiger charge is 2.29. The highest BCUT2D eigenvalue weighted by Crippen LogP contribution is 2.43. The maximum absolute atomic E-state index is 13.7. The molecule has 1 amide bonds. The molecule has 2 aromatic heterocycles.